The molecule has 0 amide bonds. The lowest BCUT2D eigenvalue weighted by atomic mass is 9.97. The number of hydrogen-bond acceptors (Lipinski definition) is 5. The molecule has 5 nitrogen and oxygen atoms in total. The van der Waals surface area contributed by atoms with Crippen LogP contribution in [0.25, 0.3) is 0 Å². The number of amidine groups is 1. The van der Waals surface area contributed by atoms with Gasteiger partial charge in [-0.3, -0.25) is 0 Å². The Labute approximate surface area is 130 Å². The van der Waals surface area contributed by atoms with E-state index in [2.05, 4.69) is 10.1 Å². The van der Waals surface area contributed by atoms with E-state index in [0.717, 1.165) is 42.3 Å². The van der Waals surface area contributed by atoms with Crippen LogP contribution < -0.4 is 10.6 Å². The van der Waals surface area contributed by atoms with E-state index in [0.29, 0.717) is 5.92 Å². The summed E-state index contributed by atoms with van der Waals surface area (Å²) in [5, 5.41) is 12.3. The monoisotopic (exact) mass is 309 g/mol. The van der Waals surface area contributed by atoms with Crippen LogP contribution in [0.3, 0.4) is 0 Å². The third-order valence-corrected chi connectivity index (χ3v) is 4.63. The van der Waals surface area contributed by atoms with E-state index in [-0.39, 0.29) is 5.84 Å². The summed E-state index contributed by atoms with van der Waals surface area (Å²) in [6, 6.07) is 6.07. The van der Waals surface area contributed by atoms with Gasteiger partial charge in [0.25, 0.3) is 0 Å². The van der Waals surface area contributed by atoms with E-state index in [1.807, 2.05) is 24.5 Å². The minimum absolute atomic E-state index is 0.170. The Hall–Kier alpha value is -1.40. The molecule has 1 aromatic carbocycles. The maximum absolute atomic E-state index is 9.08. The van der Waals surface area contributed by atoms with Gasteiger partial charge in [0.15, 0.2) is 5.84 Å². The number of ether oxygens (including phenoxy) is 1. The number of nitrogens with zero attached hydrogens (tertiary/aromatic N) is 2. The highest BCUT2D eigenvalue weighted by molar-refractivity contribution is 7.98. The molecule has 0 aliphatic carbocycles. The first kappa shape index (κ1) is 16.0. The van der Waals surface area contributed by atoms with Crippen molar-refractivity contribution in [2.45, 2.75) is 17.7 Å². The normalized spacial score (nSPS) is 19.8. The topological polar surface area (TPSA) is 71.1 Å². The smallest absolute Gasteiger partial charge is 0.173 e. The molecule has 0 radical (unpaired) electrons. The number of nitrogens with two attached hydrogens (primary N) is 1. The largest absolute Gasteiger partial charge is 0.409 e. The molecule has 6 heteroatoms. The molecule has 0 saturated carbocycles. The molecule has 1 heterocycles. The van der Waals surface area contributed by atoms with Crippen LogP contribution in [0.15, 0.2) is 28.3 Å². The van der Waals surface area contributed by atoms with Crippen LogP contribution in [0.2, 0.25) is 0 Å². The molecule has 1 fully saturated rings. The molecule has 0 bridgehead atoms. The Balaban J connectivity index is 2.34. The minimum Gasteiger partial charge on any atom is -0.409 e. The van der Waals surface area contributed by atoms with Crippen LogP contribution in [-0.2, 0) is 4.74 Å². The molecule has 1 aliphatic heterocycles. The molecule has 116 valence electrons. The summed E-state index contributed by atoms with van der Waals surface area (Å²) in [4.78, 5) is 3.34. The van der Waals surface area contributed by atoms with Gasteiger partial charge in [0, 0.05) is 30.8 Å². The van der Waals surface area contributed by atoms with Gasteiger partial charge in [-0.1, -0.05) is 11.2 Å². The van der Waals surface area contributed by atoms with E-state index in [1.165, 1.54) is 6.42 Å². The van der Waals surface area contributed by atoms with E-state index >= 15 is 0 Å². The van der Waals surface area contributed by atoms with Gasteiger partial charge in [-0.15, -0.1) is 11.8 Å². The Kier molecular flexibility index (Phi) is 5.76. The first-order valence-corrected chi connectivity index (χ1v) is 8.32. The molecule has 0 aromatic heterocycles. The van der Waals surface area contributed by atoms with Crippen LogP contribution in [0.5, 0.6) is 0 Å². The first-order valence-electron chi connectivity index (χ1n) is 7.10. The number of thioether (sulfide) groups is 1. The van der Waals surface area contributed by atoms with Gasteiger partial charge in [0.1, 0.15) is 0 Å². The Morgan fingerprint density at radius 2 is 2.38 bits per heavy atom. The van der Waals surface area contributed by atoms with E-state index in [4.69, 9.17) is 15.7 Å². The molecule has 1 saturated heterocycles. The van der Waals surface area contributed by atoms with Crippen molar-refractivity contribution >= 4 is 23.3 Å². The second-order valence-electron chi connectivity index (χ2n) is 5.25. The number of oxime groups is 1. The van der Waals surface area contributed by atoms with Gasteiger partial charge in [-0.25, -0.2) is 0 Å². The molecule has 1 atom stereocenters. The van der Waals surface area contributed by atoms with Crippen molar-refractivity contribution in [1.82, 2.24) is 0 Å². The summed E-state index contributed by atoms with van der Waals surface area (Å²) >= 11 is 1.61. The van der Waals surface area contributed by atoms with Crippen molar-refractivity contribution in [3.05, 3.63) is 23.8 Å². The molecule has 1 aliphatic rings. The fourth-order valence-corrected chi connectivity index (χ4v) is 3.54. The Morgan fingerprint density at radius 1 is 1.57 bits per heavy atom. The molecule has 1 aromatic rings. The van der Waals surface area contributed by atoms with Gasteiger partial charge in [-0.2, -0.15) is 0 Å². The van der Waals surface area contributed by atoms with Crippen molar-refractivity contribution in [2.75, 3.05) is 38.0 Å². The SMILES string of the molecule is COCC1CCCN(c2cccc(SC)c2/C(N)=N/O)C1. The number of rotatable bonds is 5. The maximum atomic E-state index is 9.08. The van der Waals surface area contributed by atoms with E-state index in [1.54, 1.807) is 18.9 Å². The molecule has 3 N–H and O–H groups in total. The number of hydrogen-bond donors (Lipinski definition) is 2. The van der Waals surface area contributed by atoms with Crippen LogP contribution in [0.4, 0.5) is 5.69 Å². The van der Waals surface area contributed by atoms with Crippen molar-refractivity contribution in [2.24, 2.45) is 16.8 Å². The molecule has 21 heavy (non-hydrogen) atoms. The zero-order chi connectivity index (χ0) is 15.2. The zero-order valence-corrected chi connectivity index (χ0v) is 13.4. The van der Waals surface area contributed by atoms with E-state index < -0.39 is 0 Å². The van der Waals surface area contributed by atoms with Gasteiger partial charge < -0.3 is 20.6 Å². The highest BCUT2D eigenvalue weighted by Gasteiger charge is 2.24. The van der Waals surface area contributed by atoms with Gasteiger partial charge >= 0.3 is 0 Å². The lowest BCUT2D eigenvalue weighted by molar-refractivity contribution is 0.143. The standard InChI is InChI=1S/C15H23N3O2S/c1-20-10-11-5-4-8-18(9-11)12-6-3-7-13(21-2)14(12)15(16)17-19/h3,6-7,11,19H,4-5,8-10H2,1-2H3,(H2,16,17). The quantitative estimate of drug-likeness (QED) is 0.287. The number of anilines is 1. The summed E-state index contributed by atoms with van der Waals surface area (Å²) in [5.74, 6) is 0.700. The summed E-state index contributed by atoms with van der Waals surface area (Å²) in [6.45, 7) is 2.71. The lowest BCUT2D eigenvalue weighted by Crippen LogP contribution is -2.38. The van der Waals surface area contributed by atoms with Gasteiger partial charge in [0.2, 0.25) is 0 Å². The average molecular weight is 309 g/mol. The Morgan fingerprint density at radius 3 is 3.05 bits per heavy atom. The maximum Gasteiger partial charge on any atom is 0.173 e. The summed E-state index contributed by atoms with van der Waals surface area (Å²) in [5.41, 5.74) is 7.77. The van der Waals surface area contributed by atoms with Gasteiger partial charge in [-0.05, 0) is 37.1 Å². The molecule has 1 unspecified atom stereocenters. The molecule has 2 rings (SSSR count). The van der Waals surface area contributed by atoms with Crippen LogP contribution in [-0.4, -0.2) is 44.1 Å². The minimum atomic E-state index is 0.170. The highest BCUT2D eigenvalue weighted by atomic mass is 32.2. The predicted octanol–water partition coefficient (Wildman–Crippen LogP) is 2.37. The third kappa shape index (κ3) is 3.63. The van der Waals surface area contributed by atoms with Crippen molar-refractivity contribution in [1.29, 1.82) is 0 Å². The number of methoxy groups -OCH3 is 1. The second-order valence-corrected chi connectivity index (χ2v) is 6.10. The Bertz CT molecular complexity index is 506. The summed E-state index contributed by atoms with van der Waals surface area (Å²) in [6.07, 6.45) is 4.32. The van der Waals surface area contributed by atoms with E-state index in [9.17, 15) is 0 Å². The molecular formula is C15H23N3O2S. The zero-order valence-electron chi connectivity index (χ0n) is 12.6. The lowest BCUT2D eigenvalue weighted by Gasteiger charge is -2.35. The first-order chi connectivity index (χ1) is 10.2. The number of benzene rings is 1. The number of piperidine rings is 1. The fraction of sp³-hybridized carbons (Fsp3) is 0.533. The third-order valence-electron chi connectivity index (χ3n) is 3.85. The van der Waals surface area contributed by atoms with Crippen LogP contribution in [0.1, 0.15) is 18.4 Å². The summed E-state index contributed by atoms with van der Waals surface area (Å²) in [7, 11) is 1.75. The molecular weight excluding hydrogens is 286 g/mol. The van der Waals surface area contributed by atoms with Crippen molar-refractivity contribution in [3.63, 3.8) is 0 Å². The van der Waals surface area contributed by atoms with Crippen LogP contribution in [0, 0.1) is 5.92 Å². The van der Waals surface area contributed by atoms with Crippen LogP contribution >= 0.6 is 11.8 Å². The van der Waals surface area contributed by atoms with Crippen molar-refractivity contribution < 1.29 is 9.94 Å². The predicted molar refractivity (Wildman–Crippen MR) is 87.5 cm³/mol. The second kappa shape index (κ2) is 7.56. The fourth-order valence-electron chi connectivity index (χ4n) is 2.92. The summed E-state index contributed by atoms with van der Waals surface area (Å²) < 4.78 is 5.29. The highest BCUT2D eigenvalue weighted by Crippen LogP contribution is 2.32. The molecule has 0 spiro atoms. The van der Waals surface area contributed by atoms with Crippen molar-refractivity contribution in [3.8, 4) is 0 Å². The van der Waals surface area contributed by atoms with Gasteiger partial charge in [0.05, 0.1) is 12.2 Å². The average Bonchev–Trinajstić information content (AvgIpc) is 2.54.